The molecule has 0 amide bonds. The fraction of sp³-hybridized carbons (Fsp3) is 0.353. The molecule has 132 valence electrons. The molecule has 0 radical (unpaired) electrons. The Morgan fingerprint density at radius 3 is 1.40 bits per heavy atom. The van der Waals surface area contributed by atoms with Crippen molar-refractivity contribution in [3.63, 3.8) is 0 Å². The third-order valence-electron chi connectivity index (χ3n) is 3.66. The summed E-state index contributed by atoms with van der Waals surface area (Å²) in [5.74, 6) is 0.950. The molecule has 0 aliphatic heterocycles. The van der Waals surface area contributed by atoms with Gasteiger partial charge in [0.2, 0.25) is 11.8 Å². The average Bonchev–Trinajstić information content (AvgIpc) is 3.22. The molecule has 25 heavy (non-hydrogen) atoms. The van der Waals surface area contributed by atoms with Crippen molar-refractivity contribution in [3.05, 3.63) is 39.0 Å². The van der Waals surface area contributed by atoms with Crippen LogP contribution in [-0.4, -0.2) is 15.0 Å². The Hall–Kier alpha value is -1.56. The van der Waals surface area contributed by atoms with Crippen LogP contribution in [-0.2, 0) is 0 Å². The summed E-state index contributed by atoms with van der Waals surface area (Å²) in [6.45, 7) is 8.04. The second kappa shape index (κ2) is 6.98. The maximum Gasteiger partial charge on any atom is 0.246 e. The molecule has 0 spiro atoms. The SMILES string of the molecule is CC(C)c1coc(-c2nc(-c3nc(C(C)C)co3)c(Cl)c(Cl)c2Cl)n1. The molecule has 3 aromatic rings. The van der Waals surface area contributed by atoms with Crippen molar-refractivity contribution in [2.75, 3.05) is 0 Å². The van der Waals surface area contributed by atoms with Crippen LogP contribution in [0, 0.1) is 0 Å². The Morgan fingerprint density at radius 1 is 0.680 bits per heavy atom. The van der Waals surface area contributed by atoms with E-state index in [1.165, 1.54) is 0 Å². The fourth-order valence-corrected chi connectivity index (χ4v) is 2.78. The first-order valence-corrected chi connectivity index (χ1v) is 8.89. The number of rotatable bonds is 4. The molecule has 0 atom stereocenters. The van der Waals surface area contributed by atoms with Crippen molar-refractivity contribution in [1.29, 1.82) is 0 Å². The number of hydrogen-bond acceptors (Lipinski definition) is 5. The topological polar surface area (TPSA) is 65.0 Å². The summed E-state index contributed by atoms with van der Waals surface area (Å²) < 4.78 is 11.0. The zero-order chi connectivity index (χ0) is 18.3. The first-order valence-electron chi connectivity index (χ1n) is 7.75. The molecule has 0 aliphatic carbocycles. The van der Waals surface area contributed by atoms with Gasteiger partial charge in [-0.15, -0.1) is 0 Å². The summed E-state index contributed by atoms with van der Waals surface area (Å²) in [6.07, 6.45) is 3.14. The smallest absolute Gasteiger partial charge is 0.246 e. The van der Waals surface area contributed by atoms with Crippen LogP contribution < -0.4 is 0 Å². The van der Waals surface area contributed by atoms with Gasteiger partial charge in [-0.05, 0) is 11.8 Å². The van der Waals surface area contributed by atoms with E-state index in [1.807, 2.05) is 27.7 Å². The molecule has 0 unspecified atom stereocenters. The lowest BCUT2D eigenvalue weighted by Crippen LogP contribution is -1.95. The van der Waals surface area contributed by atoms with Crippen molar-refractivity contribution in [1.82, 2.24) is 15.0 Å². The van der Waals surface area contributed by atoms with Gasteiger partial charge in [0.1, 0.15) is 23.9 Å². The Balaban J connectivity index is 2.15. The second-order valence-corrected chi connectivity index (χ2v) is 7.35. The van der Waals surface area contributed by atoms with Crippen molar-refractivity contribution >= 4 is 34.8 Å². The van der Waals surface area contributed by atoms with Crippen molar-refractivity contribution in [2.45, 2.75) is 39.5 Å². The highest BCUT2D eigenvalue weighted by atomic mass is 35.5. The predicted octanol–water partition coefficient (Wildman–Crippen LogP) is 6.60. The van der Waals surface area contributed by atoms with Gasteiger partial charge in [-0.2, -0.15) is 0 Å². The minimum atomic E-state index is 0.150. The van der Waals surface area contributed by atoms with Crippen LogP contribution in [0.25, 0.3) is 23.2 Å². The van der Waals surface area contributed by atoms with Gasteiger partial charge in [-0.25, -0.2) is 15.0 Å². The number of aromatic nitrogens is 3. The molecule has 3 aromatic heterocycles. The fourth-order valence-electron chi connectivity index (χ4n) is 2.12. The molecular weight excluding hydrogens is 385 g/mol. The molecule has 0 saturated carbocycles. The van der Waals surface area contributed by atoms with E-state index in [2.05, 4.69) is 15.0 Å². The Kier molecular flexibility index (Phi) is 5.09. The Labute approximate surface area is 160 Å². The molecule has 3 rings (SSSR count). The first kappa shape index (κ1) is 18.2. The van der Waals surface area contributed by atoms with Crippen LogP contribution in [0.1, 0.15) is 50.9 Å². The normalized spacial score (nSPS) is 11.7. The van der Waals surface area contributed by atoms with E-state index in [-0.39, 0.29) is 38.7 Å². The maximum atomic E-state index is 6.31. The van der Waals surface area contributed by atoms with Crippen LogP contribution in [0.3, 0.4) is 0 Å². The van der Waals surface area contributed by atoms with Crippen LogP contribution in [0.2, 0.25) is 15.1 Å². The van der Waals surface area contributed by atoms with E-state index in [0.29, 0.717) is 11.4 Å². The van der Waals surface area contributed by atoms with E-state index >= 15 is 0 Å². The van der Waals surface area contributed by atoms with E-state index in [1.54, 1.807) is 12.5 Å². The average molecular weight is 401 g/mol. The summed E-state index contributed by atoms with van der Waals surface area (Å²) in [6, 6.07) is 0. The second-order valence-electron chi connectivity index (χ2n) is 6.22. The molecule has 3 heterocycles. The van der Waals surface area contributed by atoms with Crippen LogP contribution in [0.5, 0.6) is 0 Å². The summed E-state index contributed by atoms with van der Waals surface area (Å²) in [7, 11) is 0. The molecule has 5 nitrogen and oxygen atoms in total. The molecule has 8 heteroatoms. The number of oxazole rings is 2. The van der Waals surface area contributed by atoms with Crippen molar-refractivity contribution in [2.24, 2.45) is 0 Å². The summed E-state index contributed by atoms with van der Waals surface area (Å²) in [4.78, 5) is 13.3. The molecule has 0 aromatic carbocycles. The Morgan fingerprint density at radius 2 is 1.08 bits per heavy atom. The lowest BCUT2D eigenvalue weighted by atomic mass is 10.2. The number of pyridine rings is 1. The van der Waals surface area contributed by atoms with Gasteiger partial charge in [0, 0.05) is 0 Å². The molecule has 0 fully saturated rings. The van der Waals surface area contributed by atoms with Gasteiger partial charge >= 0.3 is 0 Å². The number of nitrogens with zero attached hydrogens (tertiary/aromatic N) is 3. The Bertz CT molecular complexity index is 846. The molecule has 0 aliphatic rings. The monoisotopic (exact) mass is 399 g/mol. The highest BCUT2D eigenvalue weighted by molar-refractivity contribution is 6.49. The van der Waals surface area contributed by atoms with Gasteiger partial charge in [0.25, 0.3) is 0 Å². The minimum absolute atomic E-state index is 0.150. The van der Waals surface area contributed by atoms with Gasteiger partial charge in [-0.3, -0.25) is 0 Å². The molecule has 0 saturated heterocycles. The lowest BCUT2D eigenvalue weighted by molar-refractivity contribution is 0.564. The predicted molar refractivity (Wildman–Crippen MR) is 98.4 cm³/mol. The lowest BCUT2D eigenvalue weighted by Gasteiger charge is -2.07. The zero-order valence-electron chi connectivity index (χ0n) is 14.1. The van der Waals surface area contributed by atoms with Crippen molar-refractivity contribution < 1.29 is 8.83 Å². The highest BCUT2D eigenvalue weighted by Gasteiger charge is 2.24. The van der Waals surface area contributed by atoms with Crippen LogP contribution in [0.15, 0.2) is 21.4 Å². The molecule has 0 N–H and O–H groups in total. The number of hydrogen-bond donors (Lipinski definition) is 0. The summed E-state index contributed by atoms with van der Waals surface area (Å²) >= 11 is 18.9. The number of halogens is 3. The standard InChI is InChI=1S/C17H16Cl3N3O2/c1-7(2)9-5-24-16(21-9)14-12(19)11(18)13(20)15(23-14)17-22-10(6-25-17)8(3)4/h5-8H,1-4H3. The third-order valence-corrected chi connectivity index (χ3v) is 4.96. The van der Waals surface area contributed by atoms with Gasteiger partial charge < -0.3 is 8.83 Å². The largest absolute Gasteiger partial charge is 0.443 e. The highest BCUT2D eigenvalue weighted by Crippen LogP contribution is 2.41. The quantitative estimate of drug-likeness (QED) is 0.493. The van der Waals surface area contributed by atoms with Gasteiger partial charge in [-0.1, -0.05) is 62.5 Å². The first-order chi connectivity index (χ1) is 11.8. The zero-order valence-corrected chi connectivity index (χ0v) is 16.4. The van der Waals surface area contributed by atoms with E-state index < -0.39 is 0 Å². The van der Waals surface area contributed by atoms with Crippen molar-refractivity contribution in [3.8, 4) is 23.2 Å². The maximum absolute atomic E-state index is 6.31. The molecule has 0 bridgehead atoms. The molecular formula is C17H16Cl3N3O2. The van der Waals surface area contributed by atoms with E-state index in [9.17, 15) is 0 Å². The third kappa shape index (κ3) is 3.41. The van der Waals surface area contributed by atoms with Crippen LogP contribution >= 0.6 is 34.8 Å². The van der Waals surface area contributed by atoms with E-state index in [4.69, 9.17) is 43.6 Å². The van der Waals surface area contributed by atoms with E-state index in [0.717, 1.165) is 11.4 Å². The minimum Gasteiger partial charge on any atom is -0.443 e. The van der Waals surface area contributed by atoms with Crippen LogP contribution in [0.4, 0.5) is 0 Å². The van der Waals surface area contributed by atoms with Gasteiger partial charge in [0.05, 0.1) is 26.5 Å². The van der Waals surface area contributed by atoms with Gasteiger partial charge in [0.15, 0.2) is 0 Å². The summed E-state index contributed by atoms with van der Waals surface area (Å²) in [5.41, 5.74) is 2.17. The summed E-state index contributed by atoms with van der Waals surface area (Å²) in [5, 5.41) is 0.489.